The van der Waals surface area contributed by atoms with E-state index in [1.165, 1.54) is 30.6 Å². The summed E-state index contributed by atoms with van der Waals surface area (Å²) < 4.78 is 7.81. The molecule has 3 aromatic rings. The van der Waals surface area contributed by atoms with Crippen molar-refractivity contribution in [2.75, 3.05) is 0 Å². The molecule has 3 heterocycles. The highest BCUT2D eigenvalue weighted by atomic mass is 32.2. The van der Waals surface area contributed by atoms with Crippen LogP contribution in [0.15, 0.2) is 27.2 Å². The molecule has 0 spiro atoms. The average Bonchev–Trinajstić information content (AvgIpc) is 3.52. The first kappa shape index (κ1) is 19.3. The van der Waals surface area contributed by atoms with Gasteiger partial charge >= 0.3 is 0 Å². The smallest absolute Gasteiger partial charge is 0.237 e. The molecule has 5 rings (SSSR count). The Kier molecular flexibility index (Phi) is 5.24. The third kappa shape index (κ3) is 3.65. The fourth-order valence-corrected chi connectivity index (χ4v) is 6.65. The largest absolute Gasteiger partial charge is 0.338 e. The molecule has 29 heavy (non-hydrogen) atoms. The first-order chi connectivity index (χ1) is 14.1. The van der Waals surface area contributed by atoms with Gasteiger partial charge in [0.25, 0.3) is 0 Å². The number of aromatic nitrogens is 5. The molecule has 0 saturated heterocycles. The van der Waals surface area contributed by atoms with Crippen LogP contribution in [-0.4, -0.2) is 24.9 Å². The van der Waals surface area contributed by atoms with E-state index in [9.17, 15) is 0 Å². The second-order valence-electron chi connectivity index (χ2n) is 8.72. The fraction of sp³-hybridized carbons (Fsp3) is 0.619. The molecule has 154 valence electrons. The van der Waals surface area contributed by atoms with Gasteiger partial charge in [0.05, 0.1) is 10.6 Å². The molecule has 0 N–H and O–H groups in total. The Morgan fingerprint density at radius 1 is 1.24 bits per heavy atom. The van der Waals surface area contributed by atoms with Crippen molar-refractivity contribution in [3.63, 3.8) is 0 Å². The van der Waals surface area contributed by atoms with E-state index >= 15 is 0 Å². The lowest BCUT2D eigenvalue weighted by atomic mass is 9.84. The van der Waals surface area contributed by atoms with Gasteiger partial charge in [-0.25, -0.2) is 0 Å². The average molecular weight is 430 g/mol. The highest BCUT2D eigenvalue weighted by molar-refractivity contribution is 7.98. The predicted molar refractivity (Wildman–Crippen MR) is 115 cm³/mol. The molecule has 6 nitrogen and oxygen atoms in total. The van der Waals surface area contributed by atoms with E-state index in [1.807, 2.05) is 0 Å². The van der Waals surface area contributed by atoms with Crippen LogP contribution in [0, 0.1) is 17.8 Å². The lowest BCUT2D eigenvalue weighted by Crippen LogP contribution is -2.23. The van der Waals surface area contributed by atoms with Gasteiger partial charge in [-0.1, -0.05) is 43.3 Å². The number of rotatable bonds is 7. The lowest BCUT2D eigenvalue weighted by molar-refractivity contribution is 0.235. The summed E-state index contributed by atoms with van der Waals surface area (Å²) in [5, 5.41) is 16.3. The summed E-state index contributed by atoms with van der Waals surface area (Å²) >= 11 is 3.37. The SMILES string of the molecule is CC(C)c1noc(CSc2nnc(-c3cccs3)n2C(C)C2CC3CCC2C3)n1. The Morgan fingerprint density at radius 2 is 2.14 bits per heavy atom. The van der Waals surface area contributed by atoms with Crippen molar-refractivity contribution < 1.29 is 4.52 Å². The first-order valence-electron chi connectivity index (χ1n) is 10.5. The van der Waals surface area contributed by atoms with Crippen LogP contribution in [0.2, 0.25) is 0 Å². The van der Waals surface area contributed by atoms with Crippen molar-refractivity contribution in [1.29, 1.82) is 0 Å². The van der Waals surface area contributed by atoms with E-state index in [1.54, 1.807) is 23.1 Å². The van der Waals surface area contributed by atoms with Gasteiger partial charge in [0.2, 0.25) is 5.89 Å². The highest BCUT2D eigenvalue weighted by Gasteiger charge is 2.43. The van der Waals surface area contributed by atoms with Crippen LogP contribution in [0.25, 0.3) is 10.7 Å². The van der Waals surface area contributed by atoms with Crippen LogP contribution in [0.3, 0.4) is 0 Å². The van der Waals surface area contributed by atoms with E-state index in [4.69, 9.17) is 4.52 Å². The van der Waals surface area contributed by atoms with E-state index in [2.05, 4.69) is 63.2 Å². The van der Waals surface area contributed by atoms with Crippen molar-refractivity contribution in [1.82, 2.24) is 24.9 Å². The molecule has 2 saturated carbocycles. The molecule has 2 fully saturated rings. The summed E-state index contributed by atoms with van der Waals surface area (Å²) in [4.78, 5) is 5.69. The molecule has 0 amide bonds. The van der Waals surface area contributed by atoms with E-state index in [0.29, 0.717) is 17.7 Å². The van der Waals surface area contributed by atoms with Gasteiger partial charge in [-0.3, -0.25) is 4.57 Å². The highest BCUT2D eigenvalue weighted by Crippen LogP contribution is 2.53. The van der Waals surface area contributed by atoms with Gasteiger partial charge in [0.1, 0.15) is 0 Å². The van der Waals surface area contributed by atoms with E-state index < -0.39 is 0 Å². The third-order valence-electron chi connectivity index (χ3n) is 6.55. The molecule has 2 aliphatic carbocycles. The molecule has 4 atom stereocenters. The summed E-state index contributed by atoms with van der Waals surface area (Å²) in [5.41, 5.74) is 0. The molecule has 3 aromatic heterocycles. The normalized spacial score (nSPS) is 24.6. The maximum atomic E-state index is 5.43. The lowest BCUT2D eigenvalue weighted by Gasteiger charge is -2.30. The van der Waals surface area contributed by atoms with Gasteiger partial charge in [-0.05, 0) is 55.4 Å². The fourth-order valence-electron chi connectivity index (χ4n) is 5.08. The van der Waals surface area contributed by atoms with E-state index in [-0.39, 0.29) is 5.92 Å². The molecule has 8 heteroatoms. The standard InChI is InChI=1S/C21H27N5OS2/c1-12(2)19-22-18(27-25-19)11-29-21-24-23-20(17-5-4-8-28-17)26(21)13(3)16-10-14-6-7-15(16)9-14/h4-5,8,12-16H,6-7,9-11H2,1-3H3. The van der Waals surface area contributed by atoms with Crippen molar-refractivity contribution in [3.05, 3.63) is 29.2 Å². The molecular formula is C21H27N5OS2. The van der Waals surface area contributed by atoms with Crippen LogP contribution in [-0.2, 0) is 5.75 Å². The van der Waals surface area contributed by atoms with Gasteiger partial charge in [-0.2, -0.15) is 4.98 Å². The van der Waals surface area contributed by atoms with Gasteiger partial charge in [0.15, 0.2) is 16.8 Å². The minimum Gasteiger partial charge on any atom is -0.338 e. The van der Waals surface area contributed by atoms with Crippen LogP contribution >= 0.6 is 23.1 Å². The predicted octanol–water partition coefficient (Wildman–Crippen LogP) is 5.80. The first-order valence-corrected chi connectivity index (χ1v) is 12.4. The number of thioether (sulfide) groups is 1. The zero-order valence-corrected chi connectivity index (χ0v) is 18.7. The summed E-state index contributed by atoms with van der Waals surface area (Å²) in [5.74, 6) is 5.80. The molecule has 0 aromatic carbocycles. The van der Waals surface area contributed by atoms with Crippen LogP contribution in [0.1, 0.15) is 70.1 Å². The Bertz CT molecular complexity index is 964. The zero-order chi connectivity index (χ0) is 20.0. The monoisotopic (exact) mass is 429 g/mol. The topological polar surface area (TPSA) is 69.6 Å². The zero-order valence-electron chi connectivity index (χ0n) is 17.1. The summed E-state index contributed by atoms with van der Waals surface area (Å²) in [6, 6.07) is 4.62. The molecule has 2 aliphatic rings. The summed E-state index contributed by atoms with van der Waals surface area (Å²) in [6.45, 7) is 6.50. The molecule has 0 radical (unpaired) electrons. The second-order valence-corrected chi connectivity index (χ2v) is 10.6. The number of thiophene rings is 1. The third-order valence-corrected chi connectivity index (χ3v) is 8.34. The maximum absolute atomic E-state index is 5.43. The van der Waals surface area contributed by atoms with Crippen molar-refractivity contribution in [2.24, 2.45) is 17.8 Å². The van der Waals surface area contributed by atoms with Crippen LogP contribution in [0.5, 0.6) is 0 Å². The maximum Gasteiger partial charge on any atom is 0.237 e. The molecule has 0 aliphatic heterocycles. The van der Waals surface area contributed by atoms with Crippen LogP contribution < -0.4 is 0 Å². The van der Waals surface area contributed by atoms with E-state index in [0.717, 1.165) is 34.6 Å². The van der Waals surface area contributed by atoms with Crippen LogP contribution in [0.4, 0.5) is 0 Å². The Labute approximate surface area is 179 Å². The second kappa shape index (κ2) is 7.87. The van der Waals surface area contributed by atoms with Crippen molar-refractivity contribution in [3.8, 4) is 10.7 Å². The number of hydrogen-bond acceptors (Lipinski definition) is 7. The minimum atomic E-state index is 0.268. The molecular weight excluding hydrogens is 402 g/mol. The number of nitrogens with zero attached hydrogens (tertiary/aromatic N) is 5. The Balaban J connectivity index is 1.42. The Morgan fingerprint density at radius 3 is 2.79 bits per heavy atom. The molecule has 4 unspecified atom stereocenters. The number of fused-ring (bicyclic) bond motifs is 2. The van der Waals surface area contributed by atoms with Gasteiger partial charge < -0.3 is 4.52 Å². The van der Waals surface area contributed by atoms with Gasteiger partial charge in [-0.15, -0.1) is 21.5 Å². The minimum absolute atomic E-state index is 0.268. The summed E-state index contributed by atoms with van der Waals surface area (Å²) in [6.07, 6.45) is 5.57. The molecule has 2 bridgehead atoms. The summed E-state index contributed by atoms with van der Waals surface area (Å²) in [7, 11) is 0. The van der Waals surface area contributed by atoms with Gasteiger partial charge in [0, 0.05) is 12.0 Å². The van der Waals surface area contributed by atoms with Crippen molar-refractivity contribution in [2.45, 2.75) is 69.3 Å². The quantitative estimate of drug-likeness (QED) is 0.442. The number of hydrogen-bond donors (Lipinski definition) is 0. The Hall–Kier alpha value is -1.67. The van der Waals surface area contributed by atoms with Crippen molar-refractivity contribution >= 4 is 23.1 Å².